The van der Waals surface area contributed by atoms with Crippen molar-refractivity contribution < 1.29 is 14.8 Å². The third-order valence-electron chi connectivity index (χ3n) is 2.55. The van der Waals surface area contributed by atoms with Crippen LogP contribution in [-0.4, -0.2) is 27.2 Å². The first-order valence-corrected chi connectivity index (χ1v) is 6.35. The molecule has 0 spiro atoms. The summed E-state index contributed by atoms with van der Waals surface area (Å²) < 4.78 is 0. The second-order valence-electron chi connectivity index (χ2n) is 4.06. The van der Waals surface area contributed by atoms with Gasteiger partial charge in [-0.05, 0) is 26.0 Å². The number of nitro benzene ring substituents is 1. The van der Waals surface area contributed by atoms with E-state index < -0.39 is 11.0 Å². The minimum absolute atomic E-state index is 0.0498. The first-order valence-electron chi connectivity index (χ1n) is 5.47. The fourth-order valence-electron chi connectivity index (χ4n) is 1.34. The van der Waals surface area contributed by atoms with Crippen molar-refractivity contribution >= 4 is 23.2 Å². The number of aliphatic hydroxyl groups is 1. The molecule has 0 saturated carbocycles. The van der Waals surface area contributed by atoms with Crippen LogP contribution in [-0.2, 0) is 0 Å². The van der Waals surface area contributed by atoms with Crippen LogP contribution >= 0.6 is 11.8 Å². The predicted octanol–water partition coefficient (Wildman–Crippen LogP) is 2.66. The largest absolute Gasteiger partial charge is 0.392 e. The molecule has 0 aliphatic heterocycles. The fourth-order valence-corrected chi connectivity index (χ4v) is 2.30. The van der Waals surface area contributed by atoms with Gasteiger partial charge in [-0.2, -0.15) is 0 Å². The quantitative estimate of drug-likeness (QED) is 0.384. The average Bonchev–Trinajstić information content (AvgIpc) is 2.28. The number of rotatable bonds is 5. The van der Waals surface area contributed by atoms with Crippen LogP contribution in [0, 0.1) is 10.1 Å². The maximum absolute atomic E-state index is 11.4. The molecule has 1 rings (SSSR count). The van der Waals surface area contributed by atoms with Gasteiger partial charge in [0.2, 0.25) is 0 Å². The molecule has 0 aliphatic carbocycles. The highest BCUT2D eigenvalue weighted by atomic mass is 32.2. The second kappa shape index (κ2) is 5.97. The molecule has 1 aromatic carbocycles. The van der Waals surface area contributed by atoms with Crippen molar-refractivity contribution in [2.75, 3.05) is 0 Å². The van der Waals surface area contributed by atoms with Crippen molar-refractivity contribution in [3.8, 4) is 0 Å². The number of hydrogen-bond acceptors (Lipinski definition) is 5. The number of aliphatic hydroxyl groups excluding tert-OH is 1. The van der Waals surface area contributed by atoms with Gasteiger partial charge in [-0.3, -0.25) is 14.9 Å². The van der Waals surface area contributed by atoms with Crippen LogP contribution in [0.1, 0.15) is 31.1 Å². The van der Waals surface area contributed by atoms with E-state index in [1.54, 1.807) is 13.0 Å². The van der Waals surface area contributed by atoms with Crippen molar-refractivity contribution in [2.45, 2.75) is 37.0 Å². The Balaban J connectivity index is 3.08. The number of nitrogens with zero attached hydrogens (tertiary/aromatic N) is 1. The molecule has 0 bridgehead atoms. The summed E-state index contributed by atoms with van der Waals surface area (Å²) in [5, 5.41) is 20.1. The van der Waals surface area contributed by atoms with Gasteiger partial charge in [-0.1, -0.05) is 6.92 Å². The number of nitro groups is 1. The van der Waals surface area contributed by atoms with Crippen LogP contribution in [0.5, 0.6) is 0 Å². The summed E-state index contributed by atoms with van der Waals surface area (Å²) in [6, 6.07) is 4.42. The van der Waals surface area contributed by atoms with E-state index in [0.29, 0.717) is 0 Å². The number of hydrogen-bond donors (Lipinski definition) is 1. The molecule has 1 aromatic rings. The third-order valence-corrected chi connectivity index (χ3v) is 3.84. The highest BCUT2D eigenvalue weighted by Gasteiger charge is 2.19. The molecule has 2 atom stereocenters. The number of thioether (sulfide) groups is 1. The molecule has 18 heavy (non-hydrogen) atoms. The minimum atomic E-state index is -0.566. The van der Waals surface area contributed by atoms with Crippen LogP contribution < -0.4 is 0 Å². The van der Waals surface area contributed by atoms with Gasteiger partial charge in [0, 0.05) is 16.2 Å². The van der Waals surface area contributed by atoms with E-state index in [2.05, 4.69) is 0 Å². The molecular weight excluding hydrogens is 254 g/mol. The summed E-state index contributed by atoms with van der Waals surface area (Å²) in [6.45, 7) is 4.83. The molecule has 0 fully saturated rings. The molecule has 5 nitrogen and oxygen atoms in total. The zero-order valence-electron chi connectivity index (χ0n) is 10.4. The van der Waals surface area contributed by atoms with Gasteiger partial charge in [-0.25, -0.2) is 0 Å². The lowest BCUT2D eigenvalue weighted by Gasteiger charge is -2.14. The van der Waals surface area contributed by atoms with Crippen LogP contribution in [0.15, 0.2) is 23.1 Å². The highest BCUT2D eigenvalue weighted by Crippen LogP contribution is 2.30. The van der Waals surface area contributed by atoms with Crippen molar-refractivity contribution in [1.29, 1.82) is 0 Å². The van der Waals surface area contributed by atoms with Crippen LogP contribution in [0.25, 0.3) is 0 Å². The van der Waals surface area contributed by atoms with E-state index in [0.717, 1.165) is 4.90 Å². The normalized spacial score (nSPS) is 14.0. The zero-order valence-corrected chi connectivity index (χ0v) is 11.2. The van der Waals surface area contributed by atoms with E-state index in [-0.39, 0.29) is 22.3 Å². The summed E-state index contributed by atoms with van der Waals surface area (Å²) in [4.78, 5) is 22.3. The Hall–Kier alpha value is -1.40. The monoisotopic (exact) mass is 269 g/mol. The summed E-state index contributed by atoms with van der Waals surface area (Å²) >= 11 is 1.38. The number of carbonyl (C=O) groups is 1. The number of ketones is 1. The highest BCUT2D eigenvalue weighted by molar-refractivity contribution is 8.00. The molecule has 1 N–H and O–H groups in total. The summed E-state index contributed by atoms with van der Waals surface area (Å²) in [5.41, 5.74) is -0.0839. The first kappa shape index (κ1) is 14.7. The van der Waals surface area contributed by atoms with Crippen molar-refractivity contribution in [1.82, 2.24) is 0 Å². The van der Waals surface area contributed by atoms with Gasteiger partial charge in [0.1, 0.15) is 0 Å². The summed E-state index contributed by atoms with van der Waals surface area (Å²) in [5.74, 6) is -0.339. The maximum Gasteiger partial charge on any atom is 0.280 e. The Bertz CT molecular complexity index is 473. The molecule has 98 valence electrons. The molecule has 0 radical (unpaired) electrons. The van der Waals surface area contributed by atoms with Gasteiger partial charge in [0.05, 0.1) is 16.6 Å². The molecule has 6 heteroatoms. The Morgan fingerprint density at radius 3 is 2.50 bits per heavy atom. The molecule has 0 aliphatic rings. The molecule has 0 heterocycles. The molecule has 0 saturated heterocycles. The fraction of sp³-hybridized carbons (Fsp3) is 0.417. The number of benzene rings is 1. The predicted molar refractivity (Wildman–Crippen MR) is 70.1 cm³/mol. The Morgan fingerprint density at radius 1 is 1.44 bits per heavy atom. The van der Waals surface area contributed by atoms with E-state index in [4.69, 9.17) is 0 Å². The summed E-state index contributed by atoms with van der Waals surface area (Å²) in [7, 11) is 0. The number of carbonyl (C=O) groups excluding carboxylic acids is 1. The molecule has 2 unspecified atom stereocenters. The van der Waals surface area contributed by atoms with Crippen LogP contribution in [0.4, 0.5) is 5.69 Å². The van der Waals surface area contributed by atoms with E-state index >= 15 is 0 Å². The van der Waals surface area contributed by atoms with Gasteiger partial charge < -0.3 is 5.11 Å². The van der Waals surface area contributed by atoms with Crippen molar-refractivity contribution in [2.24, 2.45) is 0 Å². The second-order valence-corrected chi connectivity index (χ2v) is 5.51. The minimum Gasteiger partial charge on any atom is -0.392 e. The van der Waals surface area contributed by atoms with Crippen molar-refractivity contribution in [3.05, 3.63) is 33.9 Å². The topological polar surface area (TPSA) is 80.4 Å². The SMILES string of the molecule is CC(=O)c1cc(SC(C)C(C)O)ccc1[N+](=O)[O-]. The van der Waals surface area contributed by atoms with Gasteiger partial charge in [0.15, 0.2) is 5.78 Å². The molecular formula is C12H15NO4S. The lowest BCUT2D eigenvalue weighted by atomic mass is 10.1. The van der Waals surface area contributed by atoms with Gasteiger partial charge in [-0.15, -0.1) is 11.8 Å². The standard InChI is InChI=1S/C12H15NO4S/c1-7(14)9(3)18-10-4-5-12(13(16)17)11(6-10)8(2)15/h4-7,9,14H,1-3H3. The zero-order chi connectivity index (χ0) is 13.9. The lowest BCUT2D eigenvalue weighted by molar-refractivity contribution is -0.385. The van der Waals surface area contributed by atoms with E-state index in [1.807, 2.05) is 6.92 Å². The molecule has 0 aromatic heterocycles. The smallest absolute Gasteiger partial charge is 0.280 e. The Kier molecular flexibility index (Phi) is 4.86. The van der Waals surface area contributed by atoms with Crippen molar-refractivity contribution in [3.63, 3.8) is 0 Å². The average molecular weight is 269 g/mol. The third kappa shape index (κ3) is 3.54. The van der Waals surface area contributed by atoms with Crippen LogP contribution in [0.2, 0.25) is 0 Å². The lowest BCUT2D eigenvalue weighted by Crippen LogP contribution is -2.14. The Morgan fingerprint density at radius 2 is 2.06 bits per heavy atom. The summed E-state index contributed by atoms with van der Waals surface area (Å²) in [6.07, 6.45) is -0.494. The number of Topliss-reactive ketones (excluding diaryl/α,β-unsaturated/α-hetero) is 1. The Labute approximate surface area is 109 Å². The first-order chi connectivity index (χ1) is 8.32. The van der Waals surface area contributed by atoms with E-state index in [1.165, 1.54) is 30.8 Å². The van der Waals surface area contributed by atoms with Gasteiger partial charge >= 0.3 is 0 Å². The maximum atomic E-state index is 11.4. The molecule has 0 amide bonds. The van der Waals surface area contributed by atoms with Crippen LogP contribution in [0.3, 0.4) is 0 Å². The van der Waals surface area contributed by atoms with Gasteiger partial charge in [0.25, 0.3) is 5.69 Å². The van der Waals surface area contributed by atoms with E-state index in [9.17, 15) is 20.0 Å².